The largest absolute Gasteiger partial charge is 0.370 e. The van der Waals surface area contributed by atoms with Gasteiger partial charge in [0.2, 0.25) is 5.96 Å². The summed E-state index contributed by atoms with van der Waals surface area (Å²) in [6.45, 7) is 1.88. The first kappa shape index (κ1) is 11.0. The van der Waals surface area contributed by atoms with E-state index in [0.29, 0.717) is 0 Å². The maximum Gasteiger partial charge on any atom is 0.219 e. The van der Waals surface area contributed by atoms with Crippen LogP contribution in [-0.2, 0) is 0 Å². The van der Waals surface area contributed by atoms with Crippen LogP contribution in [0.1, 0.15) is 18.5 Å². The van der Waals surface area contributed by atoms with Gasteiger partial charge in [-0.3, -0.25) is 4.98 Å². The van der Waals surface area contributed by atoms with E-state index in [4.69, 9.17) is 17.2 Å². The topological polar surface area (TPSA) is 116 Å². The van der Waals surface area contributed by atoms with E-state index in [2.05, 4.69) is 15.0 Å². The summed E-state index contributed by atoms with van der Waals surface area (Å²) in [5.74, 6) is -0.0408. The highest BCUT2D eigenvalue weighted by Gasteiger charge is 2.03. The van der Waals surface area contributed by atoms with Gasteiger partial charge in [-0.15, -0.1) is 0 Å². The van der Waals surface area contributed by atoms with Gasteiger partial charge < -0.3 is 17.2 Å². The fraction of sp³-hybridized carbons (Fsp3) is 0.222. The predicted molar refractivity (Wildman–Crippen MR) is 60.1 cm³/mol. The summed E-state index contributed by atoms with van der Waals surface area (Å²) in [5.41, 5.74) is 16.8. The highest BCUT2D eigenvalue weighted by atomic mass is 15.1. The predicted octanol–water partition coefficient (Wildman–Crippen LogP) is -0.269. The van der Waals surface area contributed by atoms with E-state index >= 15 is 0 Å². The van der Waals surface area contributed by atoms with Crippen molar-refractivity contribution in [3.8, 4) is 0 Å². The molecule has 0 aliphatic rings. The lowest BCUT2D eigenvalue weighted by atomic mass is 10.1. The quantitative estimate of drug-likeness (QED) is 0.456. The van der Waals surface area contributed by atoms with Crippen LogP contribution in [0.15, 0.2) is 34.5 Å². The smallest absolute Gasteiger partial charge is 0.219 e. The molecule has 1 atom stereocenters. The Labute approximate surface area is 87.9 Å². The highest BCUT2D eigenvalue weighted by Crippen LogP contribution is 2.14. The van der Waals surface area contributed by atoms with Gasteiger partial charge in [0.15, 0.2) is 5.96 Å². The molecule has 0 aliphatic heterocycles. The van der Waals surface area contributed by atoms with Crippen LogP contribution in [0, 0.1) is 0 Å². The summed E-state index contributed by atoms with van der Waals surface area (Å²) in [4.78, 5) is 11.7. The molecule has 1 aromatic heterocycles. The average Bonchev–Trinajstić information content (AvgIpc) is 2.17. The summed E-state index contributed by atoms with van der Waals surface area (Å²) in [6, 6.07) is 3.61. The molecule has 0 aliphatic carbocycles. The van der Waals surface area contributed by atoms with Crippen molar-refractivity contribution in [2.24, 2.45) is 27.2 Å². The molecule has 15 heavy (non-hydrogen) atoms. The van der Waals surface area contributed by atoms with Gasteiger partial charge in [-0.1, -0.05) is 6.07 Å². The third-order valence-electron chi connectivity index (χ3n) is 1.74. The van der Waals surface area contributed by atoms with E-state index in [9.17, 15) is 0 Å². The molecule has 1 unspecified atom stereocenters. The zero-order valence-corrected chi connectivity index (χ0v) is 8.46. The molecule has 0 fully saturated rings. The minimum absolute atomic E-state index is 0.0614. The zero-order chi connectivity index (χ0) is 11.3. The molecular formula is C9H14N6. The molecular weight excluding hydrogens is 192 g/mol. The summed E-state index contributed by atoms with van der Waals surface area (Å²) in [7, 11) is 0. The van der Waals surface area contributed by atoms with Crippen LogP contribution < -0.4 is 17.2 Å². The van der Waals surface area contributed by atoms with E-state index in [0.717, 1.165) is 5.56 Å². The van der Waals surface area contributed by atoms with E-state index < -0.39 is 0 Å². The number of nitrogens with zero attached hydrogens (tertiary/aromatic N) is 3. The number of pyridine rings is 1. The van der Waals surface area contributed by atoms with Crippen molar-refractivity contribution in [1.82, 2.24) is 4.98 Å². The summed E-state index contributed by atoms with van der Waals surface area (Å²) in [6.07, 6.45) is 3.41. The third-order valence-corrected chi connectivity index (χ3v) is 1.74. The van der Waals surface area contributed by atoms with Crippen molar-refractivity contribution < 1.29 is 0 Å². The van der Waals surface area contributed by atoms with Crippen LogP contribution >= 0.6 is 0 Å². The van der Waals surface area contributed by atoms with Gasteiger partial charge >= 0.3 is 0 Å². The van der Waals surface area contributed by atoms with Gasteiger partial charge in [-0.25, -0.2) is 4.99 Å². The SMILES string of the molecule is CC(N=C(N)N=C(N)N)c1cccnc1. The Hall–Kier alpha value is -2.11. The number of aromatic nitrogens is 1. The maximum atomic E-state index is 5.49. The second-order valence-electron chi connectivity index (χ2n) is 2.99. The standard InChI is InChI=1S/C9H14N6/c1-6(7-3-2-4-13-5-7)14-9(12)15-8(10)11/h2-6H,1H3,(H6,10,11,12,14,15). The van der Waals surface area contributed by atoms with E-state index in [-0.39, 0.29) is 18.0 Å². The minimum atomic E-state index is -0.123. The zero-order valence-electron chi connectivity index (χ0n) is 8.46. The number of aliphatic imine (C=N–C) groups is 2. The first-order valence-corrected chi connectivity index (χ1v) is 4.42. The van der Waals surface area contributed by atoms with E-state index in [1.165, 1.54) is 0 Å². The Morgan fingerprint density at radius 3 is 2.67 bits per heavy atom. The van der Waals surface area contributed by atoms with Gasteiger partial charge in [0, 0.05) is 12.4 Å². The molecule has 1 aromatic rings. The van der Waals surface area contributed by atoms with Gasteiger partial charge in [0.1, 0.15) is 0 Å². The molecule has 6 nitrogen and oxygen atoms in total. The number of nitrogens with two attached hydrogens (primary N) is 3. The molecule has 0 saturated heterocycles. The molecule has 0 bridgehead atoms. The Kier molecular flexibility index (Phi) is 3.61. The van der Waals surface area contributed by atoms with Gasteiger partial charge in [0.05, 0.1) is 6.04 Å². The average molecular weight is 206 g/mol. The van der Waals surface area contributed by atoms with Crippen LogP contribution in [0.3, 0.4) is 0 Å². The molecule has 6 N–H and O–H groups in total. The minimum Gasteiger partial charge on any atom is -0.370 e. The Morgan fingerprint density at radius 1 is 1.40 bits per heavy atom. The highest BCUT2D eigenvalue weighted by molar-refractivity contribution is 5.92. The van der Waals surface area contributed by atoms with Crippen molar-refractivity contribution >= 4 is 11.9 Å². The molecule has 0 spiro atoms. The van der Waals surface area contributed by atoms with Crippen LogP contribution in [-0.4, -0.2) is 16.9 Å². The number of hydrogen-bond acceptors (Lipinski definition) is 2. The molecule has 80 valence electrons. The summed E-state index contributed by atoms with van der Waals surface area (Å²) in [5, 5.41) is 0. The number of rotatable bonds is 2. The third kappa shape index (κ3) is 3.63. The normalized spacial score (nSPS) is 13.3. The molecule has 0 radical (unpaired) electrons. The second kappa shape index (κ2) is 4.94. The molecule has 0 aromatic carbocycles. The lowest BCUT2D eigenvalue weighted by molar-refractivity contribution is 0.809. The number of guanidine groups is 2. The monoisotopic (exact) mass is 206 g/mol. The van der Waals surface area contributed by atoms with Gasteiger partial charge in [-0.2, -0.15) is 4.99 Å². The van der Waals surface area contributed by atoms with Crippen molar-refractivity contribution in [2.45, 2.75) is 13.0 Å². The lowest BCUT2D eigenvalue weighted by Crippen LogP contribution is -2.26. The Bertz CT molecular complexity index is 365. The lowest BCUT2D eigenvalue weighted by Gasteiger charge is -2.05. The maximum absolute atomic E-state index is 5.49. The second-order valence-corrected chi connectivity index (χ2v) is 2.99. The first-order valence-electron chi connectivity index (χ1n) is 4.42. The fourth-order valence-corrected chi connectivity index (χ4v) is 1.06. The van der Waals surface area contributed by atoms with Crippen molar-refractivity contribution in [3.05, 3.63) is 30.1 Å². The van der Waals surface area contributed by atoms with Crippen LogP contribution in [0.25, 0.3) is 0 Å². The first-order chi connectivity index (χ1) is 7.09. The summed E-state index contributed by atoms with van der Waals surface area (Å²) < 4.78 is 0. The van der Waals surface area contributed by atoms with E-state index in [1.54, 1.807) is 12.4 Å². The fourth-order valence-electron chi connectivity index (χ4n) is 1.06. The molecule has 1 heterocycles. The van der Waals surface area contributed by atoms with Crippen LogP contribution in [0.2, 0.25) is 0 Å². The van der Waals surface area contributed by atoms with Crippen LogP contribution in [0.5, 0.6) is 0 Å². The van der Waals surface area contributed by atoms with Crippen molar-refractivity contribution in [3.63, 3.8) is 0 Å². The Morgan fingerprint density at radius 2 is 2.13 bits per heavy atom. The van der Waals surface area contributed by atoms with E-state index in [1.807, 2.05) is 19.1 Å². The Balaban J connectivity index is 2.79. The summed E-state index contributed by atoms with van der Waals surface area (Å²) >= 11 is 0. The van der Waals surface area contributed by atoms with Crippen molar-refractivity contribution in [2.75, 3.05) is 0 Å². The van der Waals surface area contributed by atoms with Crippen molar-refractivity contribution in [1.29, 1.82) is 0 Å². The van der Waals surface area contributed by atoms with Gasteiger partial charge in [-0.05, 0) is 18.6 Å². The number of hydrogen-bond donors (Lipinski definition) is 3. The molecule has 1 rings (SSSR count). The molecule has 0 amide bonds. The van der Waals surface area contributed by atoms with Crippen LogP contribution in [0.4, 0.5) is 0 Å². The molecule has 0 saturated carbocycles. The van der Waals surface area contributed by atoms with Gasteiger partial charge in [0.25, 0.3) is 0 Å². The molecule has 6 heteroatoms.